The van der Waals surface area contributed by atoms with Gasteiger partial charge in [0.15, 0.2) is 0 Å². The fraction of sp³-hybridized carbons (Fsp3) is 0.588. The van der Waals surface area contributed by atoms with Crippen LogP contribution in [-0.4, -0.2) is 49.9 Å². The van der Waals surface area contributed by atoms with Crippen LogP contribution >= 0.6 is 11.6 Å². The van der Waals surface area contributed by atoms with Crippen molar-refractivity contribution in [2.75, 3.05) is 32.9 Å². The monoisotopic (exact) mass is 338 g/mol. The van der Waals surface area contributed by atoms with Crippen molar-refractivity contribution in [1.29, 1.82) is 0 Å². The molecule has 2 heterocycles. The lowest BCUT2D eigenvalue weighted by molar-refractivity contribution is 0.0414. The zero-order valence-corrected chi connectivity index (χ0v) is 13.9. The summed E-state index contributed by atoms with van der Waals surface area (Å²) in [6, 6.07) is 7.89. The summed E-state index contributed by atoms with van der Waals surface area (Å²) in [7, 11) is 0. The number of nitrogens with one attached hydrogen (secondary N) is 1. The molecule has 5 nitrogen and oxygen atoms in total. The molecule has 2 aliphatic rings. The third-order valence-electron chi connectivity index (χ3n) is 4.37. The standard InChI is InChI=1S/C17H23ClN2O3/c18-14-4-2-13(3-5-14)16-6-9-20(16)17(21)19-8-1-10-23-15-7-11-22-12-15/h2-5,15-16H,1,6-12H2,(H,19,21)/t15-,16+/m1/s1. The first-order valence-electron chi connectivity index (χ1n) is 8.23. The number of carbonyl (C=O) groups excluding carboxylic acids is 1. The summed E-state index contributed by atoms with van der Waals surface area (Å²) in [5, 5.41) is 3.69. The van der Waals surface area contributed by atoms with E-state index in [1.165, 1.54) is 0 Å². The summed E-state index contributed by atoms with van der Waals surface area (Å²) in [6.45, 7) is 3.59. The highest BCUT2D eigenvalue weighted by atomic mass is 35.5. The number of carbonyl (C=O) groups is 1. The molecule has 0 spiro atoms. The highest BCUT2D eigenvalue weighted by molar-refractivity contribution is 6.30. The van der Waals surface area contributed by atoms with E-state index in [9.17, 15) is 4.79 Å². The van der Waals surface area contributed by atoms with Gasteiger partial charge in [-0.25, -0.2) is 4.79 Å². The molecule has 2 aliphatic heterocycles. The van der Waals surface area contributed by atoms with E-state index in [0.29, 0.717) is 19.8 Å². The Hall–Kier alpha value is -1.30. The molecule has 0 aliphatic carbocycles. The lowest BCUT2D eigenvalue weighted by Gasteiger charge is -2.41. The number of likely N-dealkylation sites (tertiary alicyclic amines) is 1. The second-order valence-corrected chi connectivity index (χ2v) is 6.43. The molecule has 2 atom stereocenters. The molecule has 23 heavy (non-hydrogen) atoms. The van der Waals surface area contributed by atoms with E-state index < -0.39 is 0 Å². The van der Waals surface area contributed by atoms with Crippen molar-refractivity contribution in [3.8, 4) is 0 Å². The molecule has 0 radical (unpaired) electrons. The first kappa shape index (κ1) is 16.6. The first-order valence-corrected chi connectivity index (χ1v) is 8.61. The average Bonchev–Trinajstić information content (AvgIpc) is 3.01. The number of urea groups is 1. The van der Waals surface area contributed by atoms with Crippen LogP contribution in [-0.2, 0) is 9.47 Å². The molecule has 126 valence electrons. The molecule has 1 aromatic rings. The van der Waals surface area contributed by atoms with E-state index >= 15 is 0 Å². The summed E-state index contributed by atoms with van der Waals surface area (Å²) < 4.78 is 10.9. The van der Waals surface area contributed by atoms with Gasteiger partial charge in [0.25, 0.3) is 0 Å². The predicted molar refractivity (Wildman–Crippen MR) is 88.7 cm³/mol. The van der Waals surface area contributed by atoms with Gasteiger partial charge in [0.1, 0.15) is 0 Å². The van der Waals surface area contributed by atoms with Crippen LogP contribution < -0.4 is 5.32 Å². The topological polar surface area (TPSA) is 50.8 Å². The molecule has 2 saturated heterocycles. The molecular weight excluding hydrogens is 316 g/mol. The number of rotatable bonds is 6. The van der Waals surface area contributed by atoms with Gasteiger partial charge in [0, 0.05) is 31.3 Å². The van der Waals surface area contributed by atoms with Crippen molar-refractivity contribution in [3.05, 3.63) is 34.9 Å². The van der Waals surface area contributed by atoms with E-state index in [2.05, 4.69) is 5.32 Å². The van der Waals surface area contributed by atoms with Crippen LogP contribution in [0.15, 0.2) is 24.3 Å². The van der Waals surface area contributed by atoms with E-state index in [0.717, 1.165) is 43.0 Å². The molecule has 0 saturated carbocycles. The fourth-order valence-corrected chi connectivity index (χ4v) is 3.05. The van der Waals surface area contributed by atoms with Crippen molar-refractivity contribution in [2.24, 2.45) is 0 Å². The molecule has 1 N–H and O–H groups in total. The highest BCUT2D eigenvalue weighted by Gasteiger charge is 2.33. The number of hydrogen-bond donors (Lipinski definition) is 1. The summed E-state index contributed by atoms with van der Waals surface area (Å²) in [5.41, 5.74) is 1.14. The third-order valence-corrected chi connectivity index (χ3v) is 4.63. The molecule has 6 heteroatoms. The smallest absolute Gasteiger partial charge is 0.317 e. The van der Waals surface area contributed by atoms with Gasteiger partial charge in [0.05, 0.1) is 18.8 Å². The zero-order valence-electron chi connectivity index (χ0n) is 13.2. The molecule has 2 fully saturated rings. The van der Waals surface area contributed by atoms with Crippen molar-refractivity contribution in [1.82, 2.24) is 10.2 Å². The van der Waals surface area contributed by atoms with Gasteiger partial charge in [0.2, 0.25) is 0 Å². The Labute approximate surface area is 141 Å². The molecule has 2 amide bonds. The summed E-state index contributed by atoms with van der Waals surface area (Å²) in [4.78, 5) is 14.1. The lowest BCUT2D eigenvalue weighted by Crippen LogP contribution is -2.50. The summed E-state index contributed by atoms with van der Waals surface area (Å²) in [5.74, 6) is 0. The van der Waals surface area contributed by atoms with Gasteiger partial charge < -0.3 is 19.7 Å². The highest BCUT2D eigenvalue weighted by Crippen LogP contribution is 2.33. The zero-order chi connectivity index (χ0) is 16.1. The Balaban J connectivity index is 1.35. The van der Waals surface area contributed by atoms with Gasteiger partial charge >= 0.3 is 6.03 Å². The van der Waals surface area contributed by atoms with Crippen molar-refractivity contribution < 1.29 is 14.3 Å². The van der Waals surface area contributed by atoms with Crippen molar-refractivity contribution in [2.45, 2.75) is 31.4 Å². The van der Waals surface area contributed by atoms with E-state index in [1.807, 2.05) is 29.2 Å². The van der Waals surface area contributed by atoms with Crippen LogP contribution in [0.25, 0.3) is 0 Å². The summed E-state index contributed by atoms with van der Waals surface area (Å²) in [6.07, 6.45) is 3.03. The van der Waals surface area contributed by atoms with Crippen LogP contribution in [0.4, 0.5) is 4.79 Å². The number of nitrogens with zero attached hydrogens (tertiary/aromatic N) is 1. The van der Waals surface area contributed by atoms with Crippen LogP contribution in [0.2, 0.25) is 5.02 Å². The second kappa shape index (κ2) is 7.99. The maximum absolute atomic E-state index is 12.2. The van der Waals surface area contributed by atoms with E-state index in [4.69, 9.17) is 21.1 Å². The minimum absolute atomic E-state index is 0.000370. The minimum atomic E-state index is 0.000370. The Kier molecular flexibility index (Phi) is 5.75. The van der Waals surface area contributed by atoms with E-state index in [1.54, 1.807) is 0 Å². The number of halogens is 1. The van der Waals surface area contributed by atoms with Gasteiger partial charge in [-0.2, -0.15) is 0 Å². The molecule has 1 aromatic carbocycles. The normalized spacial score (nSPS) is 23.6. The number of hydrogen-bond acceptors (Lipinski definition) is 3. The molecule has 3 rings (SSSR count). The van der Waals surface area contributed by atoms with Gasteiger partial charge in [-0.3, -0.25) is 0 Å². The predicted octanol–water partition coefficient (Wildman–Crippen LogP) is 2.99. The van der Waals surface area contributed by atoms with Crippen LogP contribution in [0, 0.1) is 0 Å². The molecular formula is C17H23ClN2O3. The maximum atomic E-state index is 12.2. The fourth-order valence-electron chi connectivity index (χ4n) is 2.93. The van der Waals surface area contributed by atoms with Crippen molar-refractivity contribution in [3.63, 3.8) is 0 Å². The Morgan fingerprint density at radius 3 is 2.83 bits per heavy atom. The lowest BCUT2D eigenvalue weighted by atomic mass is 9.95. The van der Waals surface area contributed by atoms with E-state index in [-0.39, 0.29) is 18.2 Å². The Bertz CT molecular complexity index is 517. The molecule has 0 unspecified atom stereocenters. The molecule has 0 aromatic heterocycles. The first-order chi connectivity index (χ1) is 11.2. The van der Waals surface area contributed by atoms with Crippen molar-refractivity contribution >= 4 is 17.6 Å². The van der Waals surface area contributed by atoms with Crippen LogP contribution in [0.1, 0.15) is 30.9 Å². The minimum Gasteiger partial charge on any atom is -0.379 e. The summed E-state index contributed by atoms with van der Waals surface area (Å²) >= 11 is 5.91. The second-order valence-electron chi connectivity index (χ2n) is 5.99. The van der Waals surface area contributed by atoms with Crippen LogP contribution in [0.3, 0.4) is 0 Å². The SMILES string of the molecule is O=C(NCCCO[C@@H]1CCOC1)N1CC[C@H]1c1ccc(Cl)cc1. The largest absolute Gasteiger partial charge is 0.379 e. The molecule has 0 bridgehead atoms. The van der Waals surface area contributed by atoms with Gasteiger partial charge in [-0.05, 0) is 37.0 Å². The Morgan fingerprint density at radius 1 is 1.35 bits per heavy atom. The average molecular weight is 339 g/mol. The van der Waals surface area contributed by atoms with Gasteiger partial charge in [-0.15, -0.1) is 0 Å². The quantitative estimate of drug-likeness (QED) is 0.811. The van der Waals surface area contributed by atoms with Crippen LogP contribution in [0.5, 0.6) is 0 Å². The third kappa shape index (κ3) is 4.37. The maximum Gasteiger partial charge on any atom is 0.317 e. The number of ether oxygens (including phenoxy) is 2. The number of benzene rings is 1. The number of amides is 2. The van der Waals surface area contributed by atoms with Gasteiger partial charge in [-0.1, -0.05) is 23.7 Å². The Morgan fingerprint density at radius 2 is 2.17 bits per heavy atom.